The highest BCUT2D eigenvalue weighted by atomic mass is 16.2. The molecule has 6 heteroatoms. The molecular weight excluding hydrogens is 270 g/mol. The van der Waals surface area contributed by atoms with Crippen LogP contribution < -0.4 is 10.6 Å². The third kappa shape index (κ3) is 4.19. The molecule has 21 heavy (non-hydrogen) atoms. The van der Waals surface area contributed by atoms with Gasteiger partial charge in [-0.2, -0.15) is 0 Å². The van der Waals surface area contributed by atoms with E-state index in [9.17, 15) is 14.4 Å². The molecule has 0 aromatic rings. The minimum absolute atomic E-state index is 0.0932. The monoisotopic (exact) mass is 295 g/mol. The van der Waals surface area contributed by atoms with E-state index in [-0.39, 0.29) is 17.2 Å². The Morgan fingerprint density at radius 3 is 2.62 bits per heavy atom. The molecular formula is C15H25N3O3. The van der Waals surface area contributed by atoms with Gasteiger partial charge in [0.2, 0.25) is 5.91 Å². The van der Waals surface area contributed by atoms with E-state index < -0.39 is 12.1 Å². The normalized spacial score (nSPS) is 26.0. The van der Waals surface area contributed by atoms with Crippen LogP contribution in [0.1, 0.15) is 52.9 Å². The molecule has 0 aromatic heterocycles. The van der Waals surface area contributed by atoms with Crippen molar-refractivity contribution >= 4 is 17.8 Å². The minimum Gasteiger partial charge on any atom is -0.340 e. The molecule has 0 saturated carbocycles. The molecule has 4 amide bonds. The van der Waals surface area contributed by atoms with Crippen molar-refractivity contribution in [3.05, 3.63) is 0 Å². The van der Waals surface area contributed by atoms with Crippen LogP contribution in [0.4, 0.5) is 4.79 Å². The van der Waals surface area contributed by atoms with E-state index >= 15 is 0 Å². The molecule has 2 fully saturated rings. The lowest BCUT2D eigenvalue weighted by Crippen LogP contribution is -2.39. The van der Waals surface area contributed by atoms with E-state index in [0.29, 0.717) is 18.9 Å². The molecule has 0 aliphatic carbocycles. The average Bonchev–Trinajstić information content (AvgIpc) is 2.91. The maximum Gasteiger partial charge on any atom is 0.322 e. The van der Waals surface area contributed by atoms with Crippen molar-refractivity contribution in [3.63, 3.8) is 0 Å². The van der Waals surface area contributed by atoms with Crippen molar-refractivity contribution < 1.29 is 14.4 Å². The van der Waals surface area contributed by atoms with Gasteiger partial charge in [0.15, 0.2) is 0 Å². The number of rotatable bonds is 4. The van der Waals surface area contributed by atoms with Gasteiger partial charge in [-0.25, -0.2) is 4.79 Å². The predicted octanol–water partition coefficient (Wildman–Crippen LogP) is 1.40. The van der Waals surface area contributed by atoms with Crippen LogP contribution >= 0.6 is 0 Å². The van der Waals surface area contributed by atoms with Gasteiger partial charge in [0.1, 0.15) is 6.04 Å². The molecule has 2 saturated heterocycles. The van der Waals surface area contributed by atoms with Crippen molar-refractivity contribution in [1.29, 1.82) is 0 Å². The number of imide groups is 1. The summed E-state index contributed by atoms with van der Waals surface area (Å²) in [5.41, 5.74) is 0.201. The van der Waals surface area contributed by atoms with Gasteiger partial charge in [0.05, 0.1) is 0 Å². The Bertz CT molecular complexity index is 442. The number of nitrogens with zero attached hydrogens (tertiary/aromatic N) is 1. The van der Waals surface area contributed by atoms with Crippen molar-refractivity contribution in [2.24, 2.45) is 5.41 Å². The smallest absolute Gasteiger partial charge is 0.322 e. The maximum atomic E-state index is 12.4. The number of nitrogens with one attached hydrogen (secondary N) is 2. The Labute approximate surface area is 125 Å². The van der Waals surface area contributed by atoms with E-state index in [0.717, 1.165) is 25.8 Å². The number of hydrogen-bond donors (Lipinski definition) is 2. The van der Waals surface area contributed by atoms with Crippen LogP contribution in [0.25, 0.3) is 0 Å². The number of carbonyl (C=O) groups excluding carboxylic acids is 3. The molecule has 0 unspecified atom stereocenters. The molecule has 6 nitrogen and oxygen atoms in total. The fourth-order valence-corrected chi connectivity index (χ4v) is 3.16. The Morgan fingerprint density at radius 1 is 1.33 bits per heavy atom. The minimum atomic E-state index is -0.565. The van der Waals surface area contributed by atoms with Crippen molar-refractivity contribution in [2.45, 2.75) is 65.0 Å². The van der Waals surface area contributed by atoms with E-state index in [4.69, 9.17) is 0 Å². The van der Waals surface area contributed by atoms with Crippen LogP contribution in [0.15, 0.2) is 0 Å². The summed E-state index contributed by atoms with van der Waals surface area (Å²) in [4.78, 5) is 36.8. The van der Waals surface area contributed by atoms with Gasteiger partial charge < -0.3 is 10.2 Å². The van der Waals surface area contributed by atoms with Crippen LogP contribution in [0, 0.1) is 5.41 Å². The lowest BCUT2D eigenvalue weighted by molar-refractivity contribution is -0.132. The summed E-state index contributed by atoms with van der Waals surface area (Å²) in [6, 6.07) is -0.723. The topological polar surface area (TPSA) is 78.5 Å². The summed E-state index contributed by atoms with van der Waals surface area (Å²) < 4.78 is 0. The molecule has 2 aliphatic rings. The molecule has 2 N–H and O–H groups in total. The van der Waals surface area contributed by atoms with Gasteiger partial charge in [0, 0.05) is 19.0 Å². The van der Waals surface area contributed by atoms with Gasteiger partial charge in [-0.15, -0.1) is 0 Å². The zero-order valence-electron chi connectivity index (χ0n) is 13.1. The van der Waals surface area contributed by atoms with Crippen LogP contribution in [-0.4, -0.2) is 41.4 Å². The maximum absolute atomic E-state index is 12.4. The van der Waals surface area contributed by atoms with Crippen molar-refractivity contribution in [1.82, 2.24) is 15.5 Å². The highest BCUT2D eigenvalue weighted by Gasteiger charge is 2.34. The Kier molecular flexibility index (Phi) is 4.54. The summed E-state index contributed by atoms with van der Waals surface area (Å²) in [5.74, 6) is -0.240. The number of likely N-dealkylation sites (tertiary alicyclic amines) is 1. The van der Waals surface area contributed by atoms with Crippen LogP contribution in [0.5, 0.6) is 0 Å². The van der Waals surface area contributed by atoms with Gasteiger partial charge >= 0.3 is 6.03 Å². The summed E-state index contributed by atoms with van der Waals surface area (Å²) in [6.45, 7) is 7.37. The number of amides is 4. The van der Waals surface area contributed by atoms with Gasteiger partial charge in [-0.1, -0.05) is 20.8 Å². The highest BCUT2D eigenvalue weighted by molar-refractivity contribution is 6.04. The van der Waals surface area contributed by atoms with E-state index in [2.05, 4.69) is 31.4 Å². The number of urea groups is 1. The number of carbonyl (C=O) groups is 3. The molecule has 0 spiro atoms. The summed E-state index contributed by atoms with van der Waals surface area (Å²) in [7, 11) is 0. The first-order valence-electron chi connectivity index (χ1n) is 7.67. The molecule has 0 aromatic carbocycles. The van der Waals surface area contributed by atoms with Crippen molar-refractivity contribution in [3.8, 4) is 0 Å². The molecule has 0 bridgehead atoms. The second-order valence-corrected chi connectivity index (χ2v) is 7.20. The second-order valence-electron chi connectivity index (χ2n) is 7.20. The first-order chi connectivity index (χ1) is 9.76. The summed E-state index contributed by atoms with van der Waals surface area (Å²) in [6.07, 6.45) is 3.78. The first-order valence-corrected chi connectivity index (χ1v) is 7.67. The zero-order chi connectivity index (χ0) is 15.6. The fraction of sp³-hybridized carbons (Fsp3) is 0.800. The van der Waals surface area contributed by atoms with Crippen LogP contribution in [0.2, 0.25) is 0 Å². The van der Waals surface area contributed by atoms with E-state index in [1.807, 2.05) is 4.90 Å². The lowest BCUT2D eigenvalue weighted by atomic mass is 9.87. The van der Waals surface area contributed by atoms with Gasteiger partial charge in [-0.05, 0) is 31.1 Å². The summed E-state index contributed by atoms with van der Waals surface area (Å²) >= 11 is 0. The Balaban J connectivity index is 1.85. The highest BCUT2D eigenvalue weighted by Crippen LogP contribution is 2.30. The van der Waals surface area contributed by atoms with E-state index in [1.54, 1.807) is 0 Å². The molecule has 2 rings (SSSR count). The summed E-state index contributed by atoms with van der Waals surface area (Å²) in [5, 5.41) is 4.71. The second kappa shape index (κ2) is 6.03. The quantitative estimate of drug-likeness (QED) is 0.770. The van der Waals surface area contributed by atoms with Crippen LogP contribution in [-0.2, 0) is 9.59 Å². The van der Waals surface area contributed by atoms with Crippen LogP contribution in [0.3, 0.4) is 0 Å². The largest absolute Gasteiger partial charge is 0.340 e. The molecule has 0 radical (unpaired) electrons. The van der Waals surface area contributed by atoms with Gasteiger partial charge in [-0.3, -0.25) is 14.9 Å². The zero-order valence-corrected chi connectivity index (χ0v) is 13.1. The molecule has 2 atom stereocenters. The van der Waals surface area contributed by atoms with Gasteiger partial charge in [0.25, 0.3) is 5.91 Å². The van der Waals surface area contributed by atoms with Crippen molar-refractivity contribution in [2.75, 3.05) is 6.54 Å². The Morgan fingerprint density at radius 2 is 2.05 bits per heavy atom. The third-order valence-electron chi connectivity index (χ3n) is 4.05. The van der Waals surface area contributed by atoms with E-state index in [1.165, 1.54) is 0 Å². The molecule has 118 valence electrons. The third-order valence-corrected chi connectivity index (χ3v) is 4.05. The standard InChI is InChI=1S/C15H25N3O3/c1-15(2,3)9-10-5-4-8-18(10)12(19)7-6-11-13(20)17-14(21)16-11/h10-11H,4-9H2,1-3H3,(H2,16,17,20,21)/t10-,11-/m1/s1. The molecule has 2 heterocycles. The fourth-order valence-electron chi connectivity index (χ4n) is 3.16. The predicted molar refractivity (Wildman–Crippen MR) is 78.5 cm³/mol. The SMILES string of the molecule is CC(C)(C)C[C@H]1CCCN1C(=O)CC[C@H]1NC(=O)NC1=O. The lowest BCUT2D eigenvalue weighted by Gasteiger charge is -2.30. The average molecular weight is 295 g/mol. The first kappa shape index (κ1) is 15.8. The Hall–Kier alpha value is -1.59. The molecule has 2 aliphatic heterocycles. The number of hydrogen-bond acceptors (Lipinski definition) is 3.